The second-order valence-electron chi connectivity index (χ2n) is 6.22. The van der Waals surface area contributed by atoms with E-state index in [-0.39, 0.29) is 0 Å². The summed E-state index contributed by atoms with van der Waals surface area (Å²) in [5, 5.41) is 19.1. The lowest BCUT2D eigenvalue weighted by Gasteiger charge is -2.13. The van der Waals surface area contributed by atoms with Gasteiger partial charge in [-0.3, -0.25) is 5.10 Å². The molecule has 0 saturated carbocycles. The summed E-state index contributed by atoms with van der Waals surface area (Å²) < 4.78 is 18.2. The molecule has 2 N–H and O–H groups in total. The van der Waals surface area contributed by atoms with Crippen LogP contribution < -0.4 is 14.2 Å². The van der Waals surface area contributed by atoms with Crippen LogP contribution in [0.4, 0.5) is 0 Å². The summed E-state index contributed by atoms with van der Waals surface area (Å²) in [6.07, 6.45) is 4.71. The number of hydrogen-bond acceptors (Lipinski definition) is 7. The standard InChI is InChI=1S/C18H20N6O3S/c1-25-13-8-7-10(15(26-2)16(13)27-3)9-19-24-17(22-23-18(24)28)14-11-5-4-6-12(11)20-21-14/h7-9H,4-6H2,1-3H3,(H,20,21)(H,23,28). The van der Waals surface area contributed by atoms with Crippen LogP contribution in [0.5, 0.6) is 17.2 Å². The molecule has 1 aromatic carbocycles. The second-order valence-corrected chi connectivity index (χ2v) is 6.60. The number of aromatic nitrogens is 5. The van der Waals surface area contributed by atoms with Crippen LogP contribution in [-0.4, -0.2) is 52.6 Å². The van der Waals surface area contributed by atoms with Crippen LogP contribution >= 0.6 is 12.2 Å². The average Bonchev–Trinajstić information content (AvgIpc) is 3.41. The lowest BCUT2D eigenvalue weighted by Crippen LogP contribution is -2.00. The van der Waals surface area contributed by atoms with Crippen molar-refractivity contribution in [1.29, 1.82) is 0 Å². The molecule has 2 heterocycles. The lowest BCUT2D eigenvalue weighted by molar-refractivity contribution is 0.324. The average molecular weight is 400 g/mol. The molecule has 4 rings (SSSR count). The van der Waals surface area contributed by atoms with Gasteiger partial charge in [-0.05, 0) is 43.6 Å². The number of nitrogens with one attached hydrogen (secondary N) is 2. The van der Waals surface area contributed by atoms with Gasteiger partial charge in [0.05, 0.1) is 27.5 Å². The molecular weight excluding hydrogens is 380 g/mol. The molecule has 0 saturated heterocycles. The van der Waals surface area contributed by atoms with E-state index in [0.29, 0.717) is 33.4 Å². The van der Waals surface area contributed by atoms with Crippen molar-refractivity contribution in [2.24, 2.45) is 5.10 Å². The fourth-order valence-corrected chi connectivity index (χ4v) is 3.58. The van der Waals surface area contributed by atoms with Gasteiger partial charge in [-0.25, -0.2) is 5.10 Å². The molecule has 10 heteroatoms. The van der Waals surface area contributed by atoms with E-state index in [1.165, 1.54) is 5.56 Å². The van der Waals surface area contributed by atoms with Gasteiger partial charge < -0.3 is 14.2 Å². The van der Waals surface area contributed by atoms with Crippen LogP contribution in [0.15, 0.2) is 17.2 Å². The Morgan fingerprint density at radius 3 is 2.64 bits per heavy atom. The normalized spacial score (nSPS) is 13.1. The Balaban J connectivity index is 1.76. The number of hydrogen-bond donors (Lipinski definition) is 2. The van der Waals surface area contributed by atoms with Crippen LogP contribution in [0.3, 0.4) is 0 Å². The van der Waals surface area contributed by atoms with E-state index in [1.54, 1.807) is 38.3 Å². The van der Waals surface area contributed by atoms with E-state index in [9.17, 15) is 0 Å². The summed E-state index contributed by atoms with van der Waals surface area (Å²) in [4.78, 5) is 0. The first-order valence-electron chi connectivity index (χ1n) is 8.75. The van der Waals surface area contributed by atoms with E-state index in [0.717, 1.165) is 30.7 Å². The maximum atomic E-state index is 5.50. The highest BCUT2D eigenvalue weighted by Crippen LogP contribution is 2.39. The van der Waals surface area contributed by atoms with E-state index < -0.39 is 0 Å². The van der Waals surface area contributed by atoms with Gasteiger partial charge in [-0.15, -0.1) is 0 Å². The highest BCUT2D eigenvalue weighted by Gasteiger charge is 2.23. The number of methoxy groups -OCH3 is 3. The van der Waals surface area contributed by atoms with Gasteiger partial charge in [0, 0.05) is 16.8 Å². The lowest BCUT2D eigenvalue weighted by atomic mass is 10.2. The van der Waals surface area contributed by atoms with Crippen molar-refractivity contribution in [2.45, 2.75) is 19.3 Å². The monoisotopic (exact) mass is 400 g/mol. The quantitative estimate of drug-likeness (QED) is 0.487. The van der Waals surface area contributed by atoms with E-state index in [2.05, 4.69) is 25.5 Å². The Morgan fingerprint density at radius 1 is 1.07 bits per heavy atom. The SMILES string of the molecule is COc1ccc(C=Nn2c(-c3n[nH]c4c3CCC4)n[nH]c2=S)c(OC)c1OC. The van der Waals surface area contributed by atoms with Crippen molar-refractivity contribution >= 4 is 18.4 Å². The van der Waals surface area contributed by atoms with Crippen molar-refractivity contribution < 1.29 is 14.2 Å². The number of benzene rings is 1. The van der Waals surface area contributed by atoms with Gasteiger partial charge in [-0.1, -0.05) is 0 Å². The molecule has 0 unspecified atom stereocenters. The predicted octanol–water partition coefficient (Wildman–Crippen LogP) is 2.73. The van der Waals surface area contributed by atoms with Gasteiger partial charge in [0.15, 0.2) is 11.5 Å². The first kappa shape index (κ1) is 18.2. The first-order valence-corrected chi connectivity index (χ1v) is 9.16. The molecule has 0 spiro atoms. The van der Waals surface area contributed by atoms with Crippen molar-refractivity contribution in [1.82, 2.24) is 25.1 Å². The number of fused-ring (bicyclic) bond motifs is 1. The Bertz CT molecular complexity index is 1100. The van der Waals surface area contributed by atoms with Crippen LogP contribution in [0.25, 0.3) is 11.5 Å². The molecule has 28 heavy (non-hydrogen) atoms. The Labute approximate surface area is 166 Å². The van der Waals surface area contributed by atoms with Crippen LogP contribution in [-0.2, 0) is 12.8 Å². The van der Waals surface area contributed by atoms with Crippen molar-refractivity contribution in [2.75, 3.05) is 21.3 Å². The number of aryl methyl sites for hydroxylation is 1. The van der Waals surface area contributed by atoms with Crippen LogP contribution in [0.2, 0.25) is 0 Å². The smallest absolute Gasteiger partial charge is 0.216 e. The third-order valence-corrected chi connectivity index (χ3v) is 4.98. The molecular formula is C18H20N6O3S. The van der Waals surface area contributed by atoms with Gasteiger partial charge >= 0.3 is 0 Å². The second kappa shape index (κ2) is 7.47. The number of rotatable bonds is 6. The minimum absolute atomic E-state index is 0.375. The zero-order valence-corrected chi connectivity index (χ0v) is 16.6. The fourth-order valence-electron chi connectivity index (χ4n) is 3.40. The van der Waals surface area contributed by atoms with E-state index in [4.69, 9.17) is 26.4 Å². The number of H-pyrrole nitrogens is 2. The Morgan fingerprint density at radius 2 is 1.89 bits per heavy atom. The molecule has 0 aliphatic heterocycles. The highest BCUT2D eigenvalue weighted by molar-refractivity contribution is 7.71. The fraction of sp³-hybridized carbons (Fsp3) is 0.333. The third kappa shape index (κ3) is 2.95. The Hall–Kier alpha value is -3.14. The summed E-state index contributed by atoms with van der Waals surface area (Å²) in [5.74, 6) is 2.15. The summed E-state index contributed by atoms with van der Waals surface area (Å²) in [6.45, 7) is 0. The molecule has 0 radical (unpaired) electrons. The predicted molar refractivity (Wildman–Crippen MR) is 106 cm³/mol. The number of ether oxygens (including phenoxy) is 3. The first-order chi connectivity index (χ1) is 13.7. The summed E-state index contributed by atoms with van der Waals surface area (Å²) in [6, 6.07) is 3.62. The maximum absolute atomic E-state index is 5.50. The number of nitrogens with zero attached hydrogens (tertiary/aromatic N) is 4. The minimum Gasteiger partial charge on any atom is -0.493 e. The van der Waals surface area contributed by atoms with Crippen molar-refractivity contribution in [3.63, 3.8) is 0 Å². The minimum atomic E-state index is 0.375. The molecule has 0 atom stereocenters. The molecule has 0 amide bonds. The molecule has 146 valence electrons. The topological polar surface area (TPSA) is 102 Å². The molecule has 2 aromatic heterocycles. The van der Waals surface area contributed by atoms with Crippen molar-refractivity contribution in [3.8, 4) is 28.8 Å². The van der Waals surface area contributed by atoms with Crippen LogP contribution in [0, 0.1) is 4.77 Å². The molecule has 0 fully saturated rings. The maximum Gasteiger partial charge on any atom is 0.216 e. The highest BCUT2D eigenvalue weighted by atomic mass is 32.1. The van der Waals surface area contributed by atoms with Crippen molar-refractivity contribution in [3.05, 3.63) is 33.7 Å². The van der Waals surface area contributed by atoms with Gasteiger partial charge in [-0.2, -0.15) is 20.0 Å². The Kier molecular flexibility index (Phi) is 4.86. The molecule has 1 aliphatic rings. The summed E-state index contributed by atoms with van der Waals surface area (Å²) in [5.41, 5.74) is 3.81. The van der Waals surface area contributed by atoms with E-state index >= 15 is 0 Å². The molecule has 1 aliphatic carbocycles. The zero-order chi connectivity index (χ0) is 19.7. The van der Waals surface area contributed by atoms with E-state index in [1.807, 2.05) is 6.07 Å². The number of aromatic amines is 2. The molecule has 0 bridgehead atoms. The summed E-state index contributed by atoms with van der Waals surface area (Å²) >= 11 is 5.36. The molecule has 3 aromatic rings. The van der Waals surface area contributed by atoms with Gasteiger partial charge in [0.25, 0.3) is 0 Å². The van der Waals surface area contributed by atoms with Gasteiger partial charge in [0.2, 0.25) is 16.3 Å². The molecule has 9 nitrogen and oxygen atoms in total. The van der Waals surface area contributed by atoms with Gasteiger partial charge in [0.1, 0.15) is 5.69 Å². The zero-order valence-electron chi connectivity index (χ0n) is 15.8. The largest absolute Gasteiger partial charge is 0.493 e. The van der Waals surface area contributed by atoms with Crippen LogP contribution in [0.1, 0.15) is 23.2 Å². The summed E-state index contributed by atoms with van der Waals surface area (Å²) in [7, 11) is 4.70. The third-order valence-electron chi connectivity index (χ3n) is 4.72.